The average Bonchev–Trinajstić information content (AvgIpc) is 3.16. The highest BCUT2D eigenvalue weighted by Gasteiger charge is 2.26. The van der Waals surface area contributed by atoms with Crippen LogP contribution in [0.25, 0.3) is 0 Å². The summed E-state index contributed by atoms with van der Waals surface area (Å²) in [6.45, 7) is 2.58. The van der Waals surface area contributed by atoms with E-state index in [4.69, 9.17) is 0 Å². The van der Waals surface area contributed by atoms with Crippen LogP contribution in [-0.2, 0) is 10.0 Å². The molecule has 0 unspecified atom stereocenters. The molecule has 1 fully saturated rings. The van der Waals surface area contributed by atoms with Gasteiger partial charge in [-0.05, 0) is 19.2 Å². The Hall–Kier alpha value is -2.24. The summed E-state index contributed by atoms with van der Waals surface area (Å²) >= 11 is 1.56. The first-order valence-corrected chi connectivity index (χ1v) is 9.90. The van der Waals surface area contributed by atoms with Crippen molar-refractivity contribution in [1.82, 2.24) is 9.71 Å². The van der Waals surface area contributed by atoms with E-state index in [1.54, 1.807) is 17.5 Å². The van der Waals surface area contributed by atoms with Crippen molar-refractivity contribution in [2.45, 2.75) is 4.90 Å². The van der Waals surface area contributed by atoms with E-state index < -0.39 is 14.9 Å². The van der Waals surface area contributed by atoms with Crippen molar-refractivity contribution in [3.8, 4) is 0 Å². The minimum atomic E-state index is -3.73. The lowest BCUT2D eigenvalue weighted by Gasteiger charge is -2.35. The zero-order valence-corrected chi connectivity index (χ0v) is 15.1. The molecule has 1 N–H and O–H groups in total. The Kier molecular flexibility index (Phi) is 4.88. The van der Waals surface area contributed by atoms with Gasteiger partial charge < -0.3 is 9.80 Å². The molecule has 0 saturated carbocycles. The van der Waals surface area contributed by atoms with Crippen LogP contribution in [0.2, 0.25) is 0 Å². The number of nitro groups is 1. The highest BCUT2D eigenvalue weighted by atomic mass is 32.2. The maximum Gasteiger partial charge on any atom is 0.293 e. The quantitative estimate of drug-likeness (QED) is 0.612. The summed E-state index contributed by atoms with van der Waals surface area (Å²) in [5.74, 6) is 0. The smallest absolute Gasteiger partial charge is 0.293 e. The first-order valence-electron chi connectivity index (χ1n) is 7.54. The molecule has 3 rings (SSSR count). The summed E-state index contributed by atoms with van der Waals surface area (Å²) < 4.78 is 25.9. The lowest BCUT2D eigenvalue weighted by atomic mass is 10.2. The third-order valence-corrected chi connectivity index (χ3v) is 6.28. The Morgan fingerprint density at radius 1 is 1.24 bits per heavy atom. The van der Waals surface area contributed by atoms with Crippen LogP contribution in [-0.4, -0.2) is 51.6 Å². The number of anilines is 2. The molecule has 2 heterocycles. The molecule has 1 aromatic heterocycles. The number of hydrogen-bond acceptors (Lipinski definition) is 8. The van der Waals surface area contributed by atoms with Gasteiger partial charge in [0.05, 0.1) is 9.82 Å². The number of aromatic nitrogens is 1. The molecule has 0 spiro atoms. The molecule has 1 aliphatic heterocycles. The Balaban J connectivity index is 1.84. The fraction of sp³-hybridized carbons (Fsp3) is 0.357. The van der Waals surface area contributed by atoms with E-state index in [1.807, 2.05) is 10.3 Å². The molecule has 1 saturated heterocycles. The largest absolute Gasteiger partial charge is 0.362 e. The van der Waals surface area contributed by atoms with Gasteiger partial charge in [-0.25, -0.2) is 18.1 Å². The summed E-state index contributed by atoms with van der Waals surface area (Å²) in [5, 5.41) is 14.3. The lowest BCUT2D eigenvalue weighted by molar-refractivity contribution is -0.384. The number of rotatable bonds is 5. The Morgan fingerprint density at radius 2 is 1.92 bits per heavy atom. The Morgan fingerprint density at radius 3 is 2.48 bits per heavy atom. The van der Waals surface area contributed by atoms with E-state index in [1.165, 1.54) is 19.2 Å². The summed E-state index contributed by atoms with van der Waals surface area (Å²) in [6, 6.07) is 4.00. The number of hydrogen-bond donors (Lipinski definition) is 1. The molecule has 9 nitrogen and oxygen atoms in total. The van der Waals surface area contributed by atoms with Crippen LogP contribution < -0.4 is 14.5 Å². The third-order valence-electron chi connectivity index (χ3n) is 4.03. The molecule has 2 aromatic rings. The molecule has 0 amide bonds. The number of thiazole rings is 1. The first kappa shape index (κ1) is 17.6. The van der Waals surface area contributed by atoms with Gasteiger partial charge in [-0.15, -0.1) is 11.3 Å². The van der Waals surface area contributed by atoms with Gasteiger partial charge in [0.1, 0.15) is 5.69 Å². The second kappa shape index (κ2) is 6.94. The molecule has 1 aromatic carbocycles. The average molecular weight is 383 g/mol. The van der Waals surface area contributed by atoms with Crippen LogP contribution in [0.3, 0.4) is 0 Å². The predicted molar refractivity (Wildman–Crippen MR) is 95.9 cm³/mol. The third kappa shape index (κ3) is 3.57. The molecule has 25 heavy (non-hydrogen) atoms. The number of piperazine rings is 1. The van der Waals surface area contributed by atoms with Crippen LogP contribution >= 0.6 is 11.3 Å². The van der Waals surface area contributed by atoms with Crippen LogP contribution in [0, 0.1) is 10.1 Å². The van der Waals surface area contributed by atoms with E-state index in [2.05, 4.69) is 14.6 Å². The SMILES string of the molecule is CNS(=O)(=O)c1ccc(N2CCN(c3nccs3)CC2)c([N+](=O)[O-])c1. The van der Waals surface area contributed by atoms with Crippen LogP contribution in [0.1, 0.15) is 0 Å². The minimum absolute atomic E-state index is 0.119. The number of sulfonamides is 1. The second-order valence-corrected chi connectivity index (χ2v) is 8.16. The van der Waals surface area contributed by atoms with Gasteiger partial charge in [0.25, 0.3) is 5.69 Å². The molecule has 0 atom stereocenters. The zero-order chi connectivity index (χ0) is 18.0. The van der Waals surface area contributed by atoms with Crippen LogP contribution in [0.5, 0.6) is 0 Å². The molecule has 0 bridgehead atoms. The van der Waals surface area contributed by atoms with Crippen molar-refractivity contribution < 1.29 is 13.3 Å². The van der Waals surface area contributed by atoms with E-state index >= 15 is 0 Å². The summed E-state index contributed by atoms with van der Waals surface area (Å²) in [5.41, 5.74) is 0.220. The molecule has 0 aliphatic carbocycles. The molecular weight excluding hydrogens is 366 g/mol. The van der Waals surface area contributed by atoms with Crippen molar-refractivity contribution in [3.05, 3.63) is 39.9 Å². The maximum absolute atomic E-state index is 11.9. The van der Waals surface area contributed by atoms with Gasteiger partial charge in [0.2, 0.25) is 10.0 Å². The fourth-order valence-corrected chi connectivity index (χ4v) is 4.16. The fourth-order valence-electron chi connectivity index (χ4n) is 2.71. The number of benzene rings is 1. The van der Waals surface area contributed by atoms with Gasteiger partial charge >= 0.3 is 0 Å². The Bertz CT molecular complexity index is 861. The van der Waals surface area contributed by atoms with Crippen molar-refractivity contribution in [1.29, 1.82) is 0 Å². The molecule has 1 aliphatic rings. The minimum Gasteiger partial charge on any atom is -0.362 e. The van der Waals surface area contributed by atoms with Crippen molar-refractivity contribution in [2.75, 3.05) is 43.0 Å². The second-order valence-electron chi connectivity index (χ2n) is 5.40. The van der Waals surface area contributed by atoms with E-state index in [0.29, 0.717) is 31.9 Å². The highest BCUT2D eigenvalue weighted by molar-refractivity contribution is 7.89. The molecule has 0 radical (unpaired) electrons. The van der Waals surface area contributed by atoms with Crippen LogP contribution in [0.4, 0.5) is 16.5 Å². The number of nitro benzene ring substituents is 1. The maximum atomic E-state index is 11.9. The summed E-state index contributed by atoms with van der Waals surface area (Å²) in [6.07, 6.45) is 1.75. The molecular formula is C14H17N5O4S2. The molecule has 11 heteroatoms. The van der Waals surface area contributed by atoms with Gasteiger partial charge in [0, 0.05) is 43.8 Å². The van der Waals surface area contributed by atoms with Crippen molar-refractivity contribution in [3.63, 3.8) is 0 Å². The van der Waals surface area contributed by atoms with E-state index in [0.717, 1.165) is 11.2 Å². The van der Waals surface area contributed by atoms with Gasteiger partial charge in [-0.1, -0.05) is 0 Å². The standard InChI is InChI=1S/C14H17N5O4S2/c1-15-25(22,23)11-2-3-12(13(10-11)19(20)21)17-5-7-18(8-6-17)14-16-4-9-24-14/h2-4,9-10,15H,5-8H2,1H3. The van der Waals surface area contributed by atoms with E-state index in [-0.39, 0.29) is 10.6 Å². The topological polar surface area (TPSA) is 109 Å². The first-order chi connectivity index (χ1) is 11.9. The normalized spacial score (nSPS) is 15.4. The number of nitrogens with zero attached hydrogens (tertiary/aromatic N) is 4. The van der Waals surface area contributed by atoms with Gasteiger partial charge in [-0.3, -0.25) is 10.1 Å². The summed E-state index contributed by atoms with van der Waals surface area (Å²) in [7, 11) is -2.46. The van der Waals surface area contributed by atoms with Crippen molar-refractivity contribution >= 4 is 37.9 Å². The van der Waals surface area contributed by atoms with Crippen LogP contribution in [0.15, 0.2) is 34.7 Å². The lowest BCUT2D eigenvalue weighted by Crippen LogP contribution is -2.46. The van der Waals surface area contributed by atoms with Crippen molar-refractivity contribution in [2.24, 2.45) is 0 Å². The highest BCUT2D eigenvalue weighted by Crippen LogP contribution is 2.32. The predicted octanol–water partition coefficient (Wildman–Crippen LogP) is 1.29. The van der Waals surface area contributed by atoms with Gasteiger partial charge in [-0.2, -0.15) is 0 Å². The molecule has 134 valence electrons. The van der Waals surface area contributed by atoms with Gasteiger partial charge in [0.15, 0.2) is 5.13 Å². The van der Waals surface area contributed by atoms with E-state index in [9.17, 15) is 18.5 Å². The Labute approximate surface area is 149 Å². The monoisotopic (exact) mass is 383 g/mol. The summed E-state index contributed by atoms with van der Waals surface area (Å²) in [4.78, 5) is 19.1. The zero-order valence-electron chi connectivity index (χ0n) is 13.5. The number of nitrogens with one attached hydrogen (secondary N) is 1.